The lowest BCUT2D eigenvalue weighted by molar-refractivity contribution is -0.224. The number of methoxy groups -OCH3 is 1. The fourth-order valence-electron chi connectivity index (χ4n) is 3.86. The third kappa shape index (κ3) is 7.31. The highest BCUT2D eigenvalue weighted by Crippen LogP contribution is 2.39. The summed E-state index contributed by atoms with van der Waals surface area (Å²) in [5.41, 5.74) is 0. The molecular weight excluding hydrogens is 348 g/mol. The quantitative estimate of drug-likeness (QED) is 0.366. The Morgan fingerprint density at radius 3 is 2.04 bits per heavy atom. The molecule has 0 bridgehead atoms. The zero-order valence-electron chi connectivity index (χ0n) is 17.3. The highest BCUT2D eigenvalue weighted by Gasteiger charge is 2.55. The van der Waals surface area contributed by atoms with Crippen LogP contribution >= 0.6 is 11.8 Å². The van der Waals surface area contributed by atoms with Gasteiger partial charge in [0.2, 0.25) is 0 Å². The number of fused-ring (bicyclic) bond motifs is 1. The lowest BCUT2D eigenvalue weighted by Gasteiger charge is -2.23. The molecule has 0 radical (unpaired) electrons. The first-order chi connectivity index (χ1) is 12.6. The van der Waals surface area contributed by atoms with E-state index in [0.717, 1.165) is 5.75 Å². The van der Waals surface area contributed by atoms with Gasteiger partial charge in [0, 0.05) is 12.9 Å². The molecule has 1 unspecified atom stereocenters. The lowest BCUT2D eigenvalue weighted by Crippen LogP contribution is -2.31. The maximum absolute atomic E-state index is 6.03. The fraction of sp³-hybridized carbons (Fsp3) is 1.00. The van der Waals surface area contributed by atoms with Gasteiger partial charge >= 0.3 is 0 Å². The second-order valence-electron chi connectivity index (χ2n) is 8.10. The Balaban J connectivity index is 1.47. The van der Waals surface area contributed by atoms with Crippen molar-refractivity contribution in [1.29, 1.82) is 0 Å². The van der Waals surface area contributed by atoms with Gasteiger partial charge in [0.1, 0.15) is 12.2 Å². The molecule has 0 N–H and O–H groups in total. The molecule has 2 saturated heterocycles. The summed E-state index contributed by atoms with van der Waals surface area (Å²) in [7, 11) is 1.68. The molecule has 0 amide bonds. The summed E-state index contributed by atoms with van der Waals surface area (Å²) in [6.07, 6.45) is 13.6. The zero-order chi connectivity index (χ0) is 18.8. The molecule has 26 heavy (non-hydrogen) atoms. The van der Waals surface area contributed by atoms with E-state index in [-0.39, 0.29) is 24.6 Å². The average molecular weight is 389 g/mol. The number of hydrogen-bond acceptors (Lipinski definition) is 5. The molecule has 2 aliphatic heterocycles. The predicted octanol–water partition coefficient (Wildman–Crippen LogP) is 5.53. The van der Waals surface area contributed by atoms with Crippen molar-refractivity contribution in [2.75, 3.05) is 18.6 Å². The number of unbranched alkanes of at least 4 members (excludes halogenated alkanes) is 9. The topological polar surface area (TPSA) is 36.9 Å². The maximum atomic E-state index is 6.03. The van der Waals surface area contributed by atoms with Crippen molar-refractivity contribution in [3.05, 3.63) is 0 Å². The summed E-state index contributed by atoms with van der Waals surface area (Å²) in [4.78, 5) is 0. The molecule has 0 aliphatic carbocycles. The van der Waals surface area contributed by atoms with E-state index in [0.29, 0.717) is 0 Å². The van der Waals surface area contributed by atoms with E-state index in [4.69, 9.17) is 18.9 Å². The SMILES string of the molecule is CCCCCCCCCCCCSC[C@H]1OC(OC)[C@@H]2OC(C)(C)O[C@H]12. The minimum absolute atomic E-state index is 0.00448. The van der Waals surface area contributed by atoms with E-state index in [9.17, 15) is 0 Å². The summed E-state index contributed by atoms with van der Waals surface area (Å²) in [6.45, 7) is 6.21. The monoisotopic (exact) mass is 388 g/mol. The summed E-state index contributed by atoms with van der Waals surface area (Å²) < 4.78 is 23.4. The van der Waals surface area contributed by atoms with Gasteiger partial charge in [-0.05, 0) is 26.0 Å². The molecule has 0 aromatic rings. The second-order valence-corrected chi connectivity index (χ2v) is 9.25. The van der Waals surface area contributed by atoms with Crippen molar-refractivity contribution < 1.29 is 18.9 Å². The van der Waals surface area contributed by atoms with Crippen LogP contribution in [-0.4, -0.2) is 49.0 Å². The molecule has 0 spiro atoms. The lowest BCUT2D eigenvalue weighted by atomic mass is 10.1. The van der Waals surface area contributed by atoms with Crippen molar-refractivity contribution in [1.82, 2.24) is 0 Å². The number of ether oxygens (including phenoxy) is 4. The van der Waals surface area contributed by atoms with Gasteiger partial charge in [-0.3, -0.25) is 0 Å². The van der Waals surface area contributed by atoms with Crippen LogP contribution in [0, 0.1) is 0 Å². The molecule has 0 aromatic heterocycles. The van der Waals surface area contributed by atoms with E-state index < -0.39 is 5.79 Å². The van der Waals surface area contributed by atoms with Crippen LogP contribution in [0.3, 0.4) is 0 Å². The first-order valence-corrected chi connectivity index (χ1v) is 11.8. The van der Waals surface area contributed by atoms with Crippen molar-refractivity contribution >= 4 is 11.8 Å². The highest BCUT2D eigenvalue weighted by atomic mass is 32.2. The molecular formula is C21H40O4S. The largest absolute Gasteiger partial charge is 0.353 e. The van der Waals surface area contributed by atoms with E-state index >= 15 is 0 Å². The summed E-state index contributed by atoms with van der Waals surface area (Å²) in [5, 5.41) is 0. The average Bonchev–Trinajstić information content (AvgIpc) is 3.09. The Bertz CT molecular complexity index is 377. The van der Waals surface area contributed by atoms with E-state index in [1.807, 2.05) is 25.6 Å². The number of thioether (sulfide) groups is 1. The van der Waals surface area contributed by atoms with Gasteiger partial charge in [-0.15, -0.1) is 0 Å². The Kier molecular flexibility index (Phi) is 10.3. The van der Waals surface area contributed by atoms with Crippen molar-refractivity contribution in [2.45, 2.75) is 115 Å². The van der Waals surface area contributed by atoms with Crippen LogP contribution in [0.5, 0.6) is 0 Å². The van der Waals surface area contributed by atoms with Gasteiger partial charge in [-0.25, -0.2) is 0 Å². The highest BCUT2D eigenvalue weighted by molar-refractivity contribution is 7.99. The molecule has 2 rings (SSSR count). The van der Waals surface area contributed by atoms with E-state index in [1.54, 1.807) is 7.11 Å². The van der Waals surface area contributed by atoms with Gasteiger partial charge in [0.05, 0.1) is 6.10 Å². The van der Waals surface area contributed by atoms with Crippen LogP contribution in [0.1, 0.15) is 85.0 Å². The van der Waals surface area contributed by atoms with Crippen LogP contribution < -0.4 is 0 Å². The molecule has 4 atom stereocenters. The van der Waals surface area contributed by atoms with Crippen LogP contribution in [-0.2, 0) is 18.9 Å². The normalized spacial score (nSPS) is 30.0. The molecule has 154 valence electrons. The molecule has 4 nitrogen and oxygen atoms in total. The Morgan fingerprint density at radius 2 is 1.42 bits per heavy atom. The molecule has 2 fully saturated rings. The minimum Gasteiger partial charge on any atom is -0.353 e. The molecule has 0 saturated carbocycles. The summed E-state index contributed by atoms with van der Waals surface area (Å²) in [6, 6.07) is 0. The van der Waals surface area contributed by atoms with Crippen molar-refractivity contribution in [2.24, 2.45) is 0 Å². The van der Waals surface area contributed by atoms with Crippen LogP contribution in [0.15, 0.2) is 0 Å². The molecule has 0 aromatic carbocycles. The fourth-order valence-corrected chi connectivity index (χ4v) is 4.93. The molecule has 2 aliphatic rings. The predicted molar refractivity (Wildman–Crippen MR) is 109 cm³/mol. The van der Waals surface area contributed by atoms with Gasteiger partial charge in [-0.1, -0.05) is 64.7 Å². The first-order valence-electron chi connectivity index (χ1n) is 10.7. The van der Waals surface area contributed by atoms with Crippen LogP contribution in [0.25, 0.3) is 0 Å². The summed E-state index contributed by atoms with van der Waals surface area (Å²) >= 11 is 1.97. The van der Waals surface area contributed by atoms with Gasteiger partial charge < -0.3 is 18.9 Å². The van der Waals surface area contributed by atoms with Gasteiger partial charge in [0.15, 0.2) is 12.1 Å². The van der Waals surface area contributed by atoms with Crippen molar-refractivity contribution in [3.8, 4) is 0 Å². The third-order valence-corrected chi connectivity index (χ3v) is 6.41. The third-order valence-electron chi connectivity index (χ3n) is 5.26. The smallest absolute Gasteiger partial charge is 0.186 e. The molecule has 2 heterocycles. The number of hydrogen-bond donors (Lipinski definition) is 0. The van der Waals surface area contributed by atoms with Gasteiger partial charge in [0.25, 0.3) is 0 Å². The first kappa shape index (κ1) is 22.5. The zero-order valence-corrected chi connectivity index (χ0v) is 18.2. The standard InChI is InChI=1S/C21H40O4S/c1-5-6-7-8-9-10-11-12-13-14-15-26-16-17-18-19(20(22-4)23-17)25-21(2,3)24-18/h17-20H,5-16H2,1-4H3/t17-,18-,19-,20?/m1/s1. The number of rotatable bonds is 14. The van der Waals surface area contributed by atoms with E-state index in [1.165, 1.54) is 70.0 Å². The van der Waals surface area contributed by atoms with Crippen LogP contribution in [0.4, 0.5) is 0 Å². The second kappa shape index (κ2) is 11.9. The Morgan fingerprint density at radius 1 is 0.846 bits per heavy atom. The summed E-state index contributed by atoms with van der Waals surface area (Å²) in [5.74, 6) is 1.63. The Hall–Kier alpha value is 0.190. The minimum atomic E-state index is -0.532. The van der Waals surface area contributed by atoms with Crippen molar-refractivity contribution in [3.63, 3.8) is 0 Å². The van der Waals surface area contributed by atoms with Gasteiger partial charge in [-0.2, -0.15) is 11.8 Å². The maximum Gasteiger partial charge on any atom is 0.186 e. The van der Waals surface area contributed by atoms with Crippen LogP contribution in [0.2, 0.25) is 0 Å². The molecule has 5 heteroatoms. The Labute approximate surface area is 165 Å². The van der Waals surface area contributed by atoms with E-state index in [2.05, 4.69) is 6.92 Å².